The molecule has 1 aliphatic rings. The van der Waals surface area contributed by atoms with Gasteiger partial charge in [-0.3, -0.25) is 4.79 Å². The normalized spacial score (nSPS) is 15.0. The van der Waals surface area contributed by atoms with Crippen LogP contribution in [0.2, 0.25) is 10.0 Å². The van der Waals surface area contributed by atoms with Crippen molar-refractivity contribution in [1.29, 1.82) is 0 Å². The smallest absolute Gasteiger partial charge is 0.309 e. The van der Waals surface area contributed by atoms with Crippen molar-refractivity contribution in [1.82, 2.24) is 4.90 Å². The zero-order chi connectivity index (χ0) is 15.9. The molecular weight excluding hydrogens is 343 g/mol. The Morgan fingerprint density at radius 3 is 2.59 bits per heavy atom. The highest BCUT2D eigenvalue weighted by molar-refractivity contribution is 7.10. The summed E-state index contributed by atoms with van der Waals surface area (Å²) < 4.78 is 0. The largest absolute Gasteiger partial charge is 0.332 e. The van der Waals surface area contributed by atoms with Crippen LogP contribution in [0, 0.1) is 6.92 Å². The van der Waals surface area contributed by atoms with Crippen molar-refractivity contribution in [2.45, 2.75) is 13.5 Å². The molecule has 1 saturated heterocycles. The van der Waals surface area contributed by atoms with E-state index in [2.05, 4.69) is 0 Å². The molecule has 1 aromatic carbocycles. The zero-order valence-electron chi connectivity index (χ0n) is 11.7. The Kier molecular flexibility index (Phi) is 4.12. The van der Waals surface area contributed by atoms with Crippen molar-refractivity contribution in [3.8, 4) is 0 Å². The Morgan fingerprint density at radius 1 is 1.18 bits per heavy atom. The third-order valence-corrected chi connectivity index (χ3v) is 5.25. The molecule has 0 spiro atoms. The van der Waals surface area contributed by atoms with E-state index in [9.17, 15) is 9.59 Å². The van der Waals surface area contributed by atoms with E-state index in [1.807, 2.05) is 18.4 Å². The molecular formula is C15H12Cl2N2O2S. The van der Waals surface area contributed by atoms with Gasteiger partial charge < -0.3 is 4.90 Å². The number of hydrogen-bond donors (Lipinski definition) is 0. The first kappa shape index (κ1) is 15.3. The predicted molar refractivity (Wildman–Crippen MR) is 88.8 cm³/mol. The van der Waals surface area contributed by atoms with E-state index in [1.54, 1.807) is 23.5 Å². The van der Waals surface area contributed by atoms with Gasteiger partial charge in [0.1, 0.15) is 6.54 Å². The molecule has 114 valence electrons. The van der Waals surface area contributed by atoms with Crippen molar-refractivity contribution in [2.75, 3.05) is 11.4 Å². The van der Waals surface area contributed by atoms with Gasteiger partial charge in [0.05, 0.1) is 22.3 Å². The van der Waals surface area contributed by atoms with Crippen molar-refractivity contribution < 1.29 is 9.59 Å². The Labute approximate surface area is 141 Å². The second-order valence-corrected chi connectivity index (χ2v) is 6.81. The molecule has 0 N–H and O–H groups in total. The summed E-state index contributed by atoms with van der Waals surface area (Å²) in [4.78, 5) is 28.5. The average Bonchev–Trinajstić information content (AvgIpc) is 2.99. The number of nitrogens with zero attached hydrogens (tertiary/aromatic N) is 2. The fourth-order valence-corrected chi connectivity index (χ4v) is 3.50. The molecule has 4 nitrogen and oxygen atoms in total. The molecule has 2 heterocycles. The van der Waals surface area contributed by atoms with E-state index in [1.165, 1.54) is 11.0 Å². The molecule has 1 aliphatic heterocycles. The number of amides is 3. The molecule has 7 heteroatoms. The van der Waals surface area contributed by atoms with Crippen LogP contribution in [-0.4, -0.2) is 23.4 Å². The monoisotopic (exact) mass is 354 g/mol. The van der Waals surface area contributed by atoms with Crippen LogP contribution in [0.15, 0.2) is 29.6 Å². The Balaban J connectivity index is 1.85. The van der Waals surface area contributed by atoms with Crippen LogP contribution in [-0.2, 0) is 11.3 Å². The summed E-state index contributed by atoms with van der Waals surface area (Å²) in [6.45, 7) is 2.49. The van der Waals surface area contributed by atoms with Crippen LogP contribution in [0.3, 0.4) is 0 Å². The maximum atomic E-state index is 12.5. The summed E-state index contributed by atoms with van der Waals surface area (Å²) in [6.07, 6.45) is 0. The summed E-state index contributed by atoms with van der Waals surface area (Å²) in [7, 11) is 0. The number of carbonyl (C=O) groups is 2. The van der Waals surface area contributed by atoms with E-state index in [0.29, 0.717) is 22.3 Å². The lowest BCUT2D eigenvalue weighted by molar-refractivity contribution is -0.116. The Bertz CT molecular complexity index is 760. The Morgan fingerprint density at radius 2 is 1.95 bits per heavy atom. The molecule has 0 unspecified atom stereocenters. The van der Waals surface area contributed by atoms with E-state index >= 15 is 0 Å². The topological polar surface area (TPSA) is 40.6 Å². The lowest BCUT2D eigenvalue weighted by atomic mass is 10.3. The SMILES string of the molecule is Cc1ccsc1CN1CC(=O)N(c2ccc(Cl)c(Cl)c2)C1=O. The molecule has 0 aliphatic carbocycles. The maximum absolute atomic E-state index is 12.5. The van der Waals surface area contributed by atoms with E-state index in [-0.39, 0.29) is 18.5 Å². The van der Waals surface area contributed by atoms with Gasteiger partial charge in [-0.1, -0.05) is 23.2 Å². The van der Waals surface area contributed by atoms with Gasteiger partial charge in [-0.15, -0.1) is 11.3 Å². The van der Waals surface area contributed by atoms with Crippen LogP contribution in [0.25, 0.3) is 0 Å². The van der Waals surface area contributed by atoms with Gasteiger partial charge in [-0.05, 0) is 42.1 Å². The number of thiophene rings is 1. The number of benzene rings is 1. The minimum Gasteiger partial charge on any atom is -0.309 e. The van der Waals surface area contributed by atoms with Gasteiger partial charge in [0.2, 0.25) is 0 Å². The number of rotatable bonds is 3. The average molecular weight is 355 g/mol. The summed E-state index contributed by atoms with van der Waals surface area (Å²) >= 11 is 13.4. The van der Waals surface area contributed by atoms with Gasteiger partial charge in [-0.2, -0.15) is 0 Å². The van der Waals surface area contributed by atoms with Gasteiger partial charge in [-0.25, -0.2) is 9.69 Å². The fraction of sp³-hybridized carbons (Fsp3) is 0.200. The molecule has 1 aromatic heterocycles. The number of anilines is 1. The van der Waals surface area contributed by atoms with Gasteiger partial charge >= 0.3 is 6.03 Å². The van der Waals surface area contributed by atoms with E-state index < -0.39 is 0 Å². The first-order chi connectivity index (χ1) is 10.5. The van der Waals surface area contributed by atoms with Crippen LogP contribution in [0.4, 0.5) is 10.5 Å². The molecule has 3 rings (SSSR count). The third-order valence-electron chi connectivity index (χ3n) is 3.50. The lowest BCUT2D eigenvalue weighted by Crippen LogP contribution is -2.32. The van der Waals surface area contributed by atoms with Crippen LogP contribution < -0.4 is 4.90 Å². The second kappa shape index (κ2) is 5.91. The van der Waals surface area contributed by atoms with E-state index in [0.717, 1.165) is 15.3 Å². The van der Waals surface area contributed by atoms with Crippen molar-refractivity contribution in [3.63, 3.8) is 0 Å². The minimum atomic E-state index is -0.337. The number of imide groups is 1. The summed E-state index contributed by atoms with van der Waals surface area (Å²) in [5, 5.41) is 2.67. The first-order valence-electron chi connectivity index (χ1n) is 6.57. The molecule has 22 heavy (non-hydrogen) atoms. The highest BCUT2D eigenvalue weighted by Crippen LogP contribution is 2.30. The van der Waals surface area contributed by atoms with Crippen LogP contribution >= 0.6 is 34.5 Å². The molecule has 0 saturated carbocycles. The highest BCUT2D eigenvalue weighted by atomic mass is 35.5. The molecule has 2 aromatic rings. The Hall–Kier alpha value is -1.56. The van der Waals surface area contributed by atoms with Crippen molar-refractivity contribution >= 4 is 52.2 Å². The third kappa shape index (κ3) is 2.72. The number of halogens is 2. The second-order valence-electron chi connectivity index (χ2n) is 4.99. The summed E-state index contributed by atoms with van der Waals surface area (Å²) in [5.41, 5.74) is 1.56. The summed E-state index contributed by atoms with van der Waals surface area (Å²) in [6, 6.07) is 6.38. The number of aryl methyl sites for hydroxylation is 1. The number of carbonyl (C=O) groups excluding carboxylic acids is 2. The van der Waals surface area contributed by atoms with Crippen molar-refractivity contribution in [2.24, 2.45) is 0 Å². The minimum absolute atomic E-state index is 0.0659. The van der Waals surface area contributed by atoms with Crippen LogP contribution in [0.1, 0.15) is 10.4 Å². The fourth-order valence-electron chi connectivity index (χ4n) is 2.29. The number of hydrogen-bond acceptors (Lipinski definition) is 3. The van der Waals surface area contributed by atoms with Gasteiger partial charge in [0.15, 0.2) is 0 Å². The summed E-state index contributed by atoms with van der Waals surface area (Å²) in [5.74, 6) is -0.266. The predicted octanol–water partition coefficient (Wildman–Crippen LogP) is 4.33. The first-order valence-corrected chi connectivity index (χ1v) is 8.21. The molecule has 3 amide bonds. The van der Waals surface area contributed by atoms with E-state index in [4.69, 9.17) is 23.2 Å². The standard InChI is InChI=1S/C15H12Cl2N2O2S/c1-9-4-5-22-13(9)7-18-8-14(20)19(15(18)21)10-2-3-11(16)12(17)6-10/h2-6H,7-8H2,1H3. The maximum Gasteiger partial charge on any atom is 0.332 e. The molecule has 1 fully saturated rings. The van der Waals surface area contributed by atoms with Gasteiger partial charge in [0, 0.05) is 4.88 Å². The quantitative estimate of drug-likeness (QED) is 0.769. The highest BCUT2D eigenvalue weighted by Gasteiger charge is 2.37. The van der Waals surface area contributed by atoms with Crippen molar-refractivity contribution in [3.05, 3.63) is 50.1 Å². The lowest BCUT2D eigenvalue weighted by Gasteiger charge is -2.17. The molecule has 0 atom stereocenters. The molecule has 0 bridgehead atoms. The van der Waals surface area contributed by atoms with Crippen LogP contribution in [0.5, 0.6) is 0 Å². The number of urea groups is 1. The molecule has 0 radical (unpaired) electrons. The van der Waals surface area contributed by atoms with Gasteiger partial charge in [0.25, 0.3) is 5.91 Å². The zero-order valence-corrected chi connectivity index (χ0v) is 14.0.